The van der Waals surface area contributed by atoms with Crippen LogP contribution in [0.4, 0.5) is 28.4 Å². The van der Waals surface area contributed by atoms with E-state index in [1.165, 1.54) is 70.2 Å². The minimum Gasteiger partial charge on any atom is -0.331 e. The fraction of sp³-hybridized carbons (Fsp3) is 0.0385. The molecular formula is C52H36N2S2. The highest BCUT2D eigenvalue weighted by molar-refractivity contribution is 8.00. The third-order valence-corrected chi connectivity index (χ3v) is 13.9. The van der Waals surface area contributed by atoms with Gasteiger partial charge < -0.3 is 9.80 Å². The molecule has 56 heavy (non-hydrogen) atoms. The van der Waals surface area contributed by atoms with E-state index >= 15 is 0 Å². The summed E-state index contributed by atoms with van der Waals surface area (Å²) >= 11 is 3.99. The van der Waals surface area contributed by atoms with E-state index in [0.717, 1.165) is 17.1 Å². The summed E-state index contributed by atoms with van der Waals surface area (Å²) < 4.78 is 1.36. The molecule has 4 heteroatoms. The van der Waals surface area contributed by atoms with Crippen LogP contribution in [-0.4, -0.2) is 0 Å². The summed E-state index contributed by atoms with van der Waals surface area (Å²) in [5, 5.41) is 1.74. The van der Waals surface area contributed by atoms with Crippen molar-refractivity contribution in [3.05, 3.63) is 217 Å². The Kier molecular flexibility index (Phi) is 8.12. The molecule has 2 aliphatic heterocycles. The van der Waals surface area contributed by atoms with Gasteiger partial charge in [-0.2, -0.15) is 0 Å². The summed E-state index contributed by atoms with van der Waals surface area (Å²) in [5.41, 5.74) is 14.6. The molecule has 0 N–H and O–H groups in total. The molecule has 0 fully saturated rings. The van der Waals surface area contributed by atoms with Gasteiger partial charge in [-0.15, -0.1) is 23.1 Å². The van der Waals surface area contributed by atoms with Crippen molar-refractivity contribution < 1.29 is 0 Å². The van der Waals surface area contributed by atoms with Gasteiger partial charge in [0.1, 0.15) is 0 Å². The summed E-state index contributed by atoms with van der Waals surface area (Å²) in [6, 6.07) is 75.4. The van der Waals surface area contributed by atoms with Crippen LogP contribution in [0.3, 0.4) is 0 Å². The number of anilines is 5. The smallest absolute Gasteiger partial charge is 0.0774 e. The second-order valence-corrected chi connectivity index (χ2v) is 16.7. The predicted molar refractivity (Wildman–Crippen MR) is 239 cm³/mol. The molecule has 0 aliphatic carbocycles. The first-order valence-electron chi connectivity index (χ1n) is 19.1. The molecule has 0 amide bonds. The van der Waals surface area contributed by atoms with E-state index in [0.29, 0.717) is 5.25 Å². The first-order chi connectivity index (χ1) is 27.8. The van der Waals surface area contributed by atoms with E-state index in [1.807, 2.05) is 23.1 Å². The average Bonchev–Trinajstić information content (AvgIpc) is 3.93. The quantitative estimate of drug-likeness (QED) is 0.160. The Labute approximate surface area is 336 Å². The van der Waals surface area contributed by atoms with Gasteiger partial charge in [-0.3, -0.25) is 0 Å². The number of rotatable bonds is 7. The molecule has 0 bridgehead atoms. The predicted octanol–water partition coefficient (Wildman–Crippen LogP) is 15.4. The molecule has 0 saturated heterocycles. The van der Waals surface area contributed by atoms with Gasteiger partial charge in [-0.1, -0.05) is 146 Å². The number of hydrogen-bond donors (Lipinski definition) is 0. The number of nitrogens with zero attached hydrogens (tertiary/aromatic N) is 2. The summed E-state index contributed by atoms with van der Waals surface area (Å²) in [4.78, 5) is 7.89. The van der Waals surface area contributed by atoms with Gasteiger partial charge in [0.15, 0.2) is 0 Å². The highest BCUT2D eigenvalue weighted by Crippen LogP contribution is 2.67. The molecule has 2 aliphatic rings. The van der Waals surface area contributed by atoms with Crippen molar-refractivity contribution in [1.29, 1.82) is 0 Å². The topological polar surface area (TPSA) is 6.48 Å². The van der Waals surface area contributed by atoms with Gasteiger partial charge in [-0.25, -0.2) is 0 Å². The lowest BCUT2D eigenvalue weighted by atomic mass is 10.0. The van der Waals surface area contributed by atoms with Crippen molar-refractivity contribution in [2.75, 3.05) is 9.80 Å². The summed E-state index contributed by atoms with van der Waals surface area (Å²) in [6.45, 7) is 0. The maximum atomic E-state index is 2.62. The van der Waals surface area contributed by atoms with Crippen LogP contribution in [0, 0.1) is 0 Å². The lowest BCUT2D eigenvalue weighted by Crippen LogP contribution is -2.19. The Morgan fingerprint density at radius 2 is 0.964 bits per heavy atom. The van der Waals surface area contributed by atoms with Gasteiger partial charge in [0.25, 0.3) is 0 Å². The van der Waals surface area contributed by atoms with Gasteiger partial charge >= 0.3 is 0 Å². The number of thioether (sulfide) groups is 1. The van der Waals surface area contributed by atoms with Gasteiger partial charge in [0.05, 0.1) is 17.0 Å². The average molecular weight is 753 g/mol. The number of hydrogen-bond acceptors (Lipinski definition) is 4. The summed E-state index contributed by atoms with van der Waals surface area (Å²) in [7, 11) is 0. The standard InChI is InChI=1S/C52H36N2S2/c1-3-13-35(14-4-1)37-25-29-41(30-26-37)53(43-19-11-17-39(33-43)36-15-5-2-6-16-36)44-20-12-18-40(34-44)38-27-31-42(32-28-38)54-49-45-21-7-9-23-47(45)55-51(49)52-50(54)46-22-8-10-24-48(46)56-52/h1-34,49,51H. The van der Waals surface area contributed by atoms with E-state index in [9.17, 15) is 0 Å². The molecule has 0 radical (unpaired) electrons. The van der Waals surface area contributed by atoms with Crippen LogP contribution in [0.2, 0.25) is 0 Å². The van der Waals surface area contributed by atoms with E-state index in [2.05, 4.69) is 216 Å². The highest BCUT2D eigenvalue weighted by atomic mass is 32.2. The minimum atomic E-state index is 0.282. The number of benzene rings is 8. The number of thiophene rings is 1. The minimum absolute atomic E-state index is 0.282. The lowest BCUT2D eigenvalue weighted by Gasteiger charge is -2.28. The molecule has 0 spiro atoms. The SMILES string of the molecule is c1ccc(-c2ccc(N(c3cccc(-c4ccccc4)c3)c3cccc(-c4ccc(N5c6c(sc7ccccc67)C6Sc7ccccc7C65)cc4)c3)cc2)cc1. The second-order valence-electron chi connectivity index (χ2n) is 14.5. The van der Waals surface area contributed by atoms with Crippen LogP contribution in [0.1, 0.15) is 21.7 Å². The van der Waals surface area contributed by atoms with E-state index in [-0.39, 0.29) is 6.04 Å². The largest absolute Gasteiger partial charge is 0.331 e. The van der Waals surface area contributed by atoms with Gasteiger partial charge in [0, 0.05) is 42.6 Å². The van der Waals surface area contributed by atoms with Crippen molar-refractivity contribution in [1.82, 2.24) is 0 Å². The molecular weight excluding hydrogens is 717 g/mol. The molecule has 11 rings (SSSR count). The third kappa shape index (κ3) is 5.64. The molecule has 8 aromatic carbocycles. The highest BCUT2D eigenvalue weighted by Gasteiger charge is 2.48. The van der Waals surface area contributed by atoms with Crippen molar-refractivity contribution >= 4 is 61.6 Å². The lowest BCUT2D eigenvalue weighted by molar-refractivity contribution is 0.741. The Bertz CT molecular complexity index is 2850. The Morgan fingerprint density at radius 1 is 0.429 bits per heavy atom. The Balaban J connectivity index is 0.979. The maximum absolute atomic E-state index is 2.62. The van der Waals surface area contributed by atoms with Crippen LogP contribution < -0.4 is 9.80 Å². The van der Waals surface area contributed by atoms with Crippen LogP contribution in [-0.2, 0) is 0 Å². The van der Waals surface area contributed by atoms with Crippen molar-refractivity contribution in [3.8, 4) is 33.4 Å². The molecule has 0 saturated carbocycles. The van der Waals surface area contributed by atoms with E-state index in [4.69, 9.17) is 0 Å². The first-order valence-corrected chi connectivity index (χ1v) is 20.8. The monoisotopic (exact) mass is 752 g/mol. The van der Waals surface area contributed by atoms with Crippen molar-refractivity contribution in [2.24, 2.45) is 0 Å². The van der Waals surface area contributed by atoms with Gasteiger partial charge in [0.2, 0.25) is 0 Å². The van der Waals surface area contributed by atoms with Crippen molar-refractivity contribution in [3.63, 3.8) is 0 Å². The van der Waals surface area contributed by atoms with E-state index < -0.39 is 0 Å². The molecule has 3 heterocycles. The summed E-state index contributed by atoms with van der Waals surface area (Å²) in [6.07, 6.45) is 0. The van der Waals surface area contributed by atoms with Crippen LogP contribution in [0.5, 0.6) is 0 Å². The molecule has 2 nitrogen and oxygen atoms in total. The zero-order valence-electron chi connectivity index (χ0n) is 30.5. The van der Waals surface area contributed by atoms with Crippen LogP contribution in [0.25, 0.3) is 43.5 Å². The van der Waals surface area contributed by atoms with Crippen LogP contribution >= 0.6 is 23.1 Å². The maximum Gasteiger partial charge on any atom is 0.0774 e. The fourth-order valence-electron chi connectivity index (χ4n) is 8.56. The zero-order chi connectivity index (χ0) is 37.0. The molecule has 2 atom stereocenters. The third-order valence-electron chi connectivity index (χ3n) is 11.2. The van der Waals surface area contributed by atoms with E-state index in [1.54, 1.807) is 0 Å². The summed E-state index contributed by atoms with van der Waals surface area (Å²) in [5.74, 6) is 0. The number of fused-ring (bicyclic) bond motifs is 7. The molecule has 9 aromatic rings. The molecule has 2 unspecified atom stereocenters. The second kappa shape index (κ2) is 13.8. The van der Waals surface area contributed by atoms with Crippen molar-refractivity contribution in [2.45, 2.75) is 16.2 Å². The fourth-order valence-corrected chi connectivity index (χ4v) is 11.4. The molecule has 266 valence electrons. The molecule has 1 aromatic heterocycles. The Morgan fingerprint density at radius 3 is 1.66 bits per heavy atom. The first kappa shape index (κ1) is 33.0. The Hall–Kier alpha value is -6.33. The normalized spacial score (nSPS) is 15.4. The zero-order valence-corrected chi connectivity index (χ0v) is 32.1. The van der Waals surface area contributed by atoms with Crippen LogP contribution in [0.15, 0.2) is 211 Å². The van der Waals surface area contributed by atoms with Gasteiger partial charge in [-0.05, 0) is 99.6 Å².